The predicted molar refractivity (Wildman–Crippen MR) is 79.3 cm³/mol. The zero-order valence-corrected chi connectivity index (χ0v) is 11.1. The second kappa shape index (κ2) is 4.35. The summed E-state index contributed by atoms with van der Waals surface area (Å²) in [6, 6.07) is 16.2. The van der Waals surface area contributed by atoms with E-state index >= 15 is 0 Å². The number of anilines is 1. The molecule has 2 N–H and O–H groups in total. The second-order valence-corrected chi connectivity index (χ2v) is 4.64. The first-order valence-corrected chi connectivity index (χ1v) is 6.18. The van der Waals surface area contributed by atoms with Crippen LogP contribution in [0.2, 0.25) is 0 Å². The Morgan fingerprint density at radius 2 is 1.74 bits per heavy atom. The van der Waals surface area contributed by atoms with Crippen molar-refractivity contribution in [3.63, 3.8) is 0 Å². The van der Waals surface area contributed by atoms with E-state index in [-0.39, 0.29) is 0 Å². The van der Waals surface area contributed by atoms with Gasteiger partial charge in [0.05, 0.1) is 12.6 Å². The van der Waals surface area contributed by atoms with Gasteiger partial charge in [0.15, 0.2) is 0 Å². The summed E-state index contributed by atoms with van der Waals surface area (Å²) in [5.74, 6) is 0.873. The van der Waals surface area contributed by atoms with E-state index in [1.807, 2.05) is 30.3 Å². The summed E-state index contributed by atoms with van der Waals surface area (Å²) in [4.78, 5) is 0. The third kappa shape index (κ3) is 1.93. The monoisotopic (exact) mass is 252 g/mol. The summed E-state index contributed by atoms with van der Waals surface area (Å²) < 4.78 is 7.45. The molecular formula is C16H16N2O. The summed E-state index contributed by atoms with van der Waals surface area (Å²) in [5, 5.41) is 1.20. The number of hydrogen-bond donors (Lipinski definition) is 1. The smallest absolute Gasteiger partial charge is 0.120 e. The molecule has 1 aromatic heterocycles. The summed E-state index contributed by atoms with van der Waals surface area (Å²) >= 11 is 0. The molecule has 0 amide bonds. The molecular weight excluding hydrogens is 236 g/mol. The fourth-order valence-electron chi connectivity index (χ4n) is 2.37. The highest BCUT2D eigenvalue weighted by Crippen LogP contribution is 2.29. The predicted octanol–water partition coefficient (Wildman–Crippen LogP) is 3.44. The SMILES string of the molecule is COc1ccc2cc(-c3ccc(N)cc3)n(C)c2c1. The van der Waals surface area contributed by atoms with Crippen LogP contribution < -0.4 is 10.5 Å². The molecule has 0 saturated carbocycles. The first-order chi connectivity index (χ1) is 9.19. The van der Waals surface area contributed by atoms with Crippen molar-refractivity contribution in [1.82, 2.24) is 4.57 Å². The molecule has 0 radical (unpaired) electrons. The standard InChI is InChI=1S/C16H16N2O/c1-18-15(11-3-6-13(17)7-4-11)9-12-5-8-14(19-2)10-16(12)18/h3-10H,17H2,1-2H3. The van der Waals surface area contributed by atoms with E-state index in [9.17, 15) is 0 Å². The minimum atomic E-state index is 0.782. The number of fused-ring (bicyclic) bond motifs is 1. The summed E-state index contributed by atoms with van der Waals surface area (Å²) in [6.07, 6.45) is 0. The van der Waals surface area contributed by atoms with Crippen molar-refractivity contribution in [3.05, 3.63) is 48.5 Å². The minimum Gasteiger partial charge on any atom is -0.497 e. The molecule has 19 heavy (non-hydrogen) atoms. The van der Waals surface area contributed by atoms with Gasteiger partial charge in [0, 0.05) is 29.9 Å². The van der Waals surface area contributed by atoms with Crippen LogP contribution in [0.15, 0.2) is 48.5 Å². The van der Waals surface area contributed by atoms with Crippen molar-refractivity contribution in [1.29, 1.82) is 0 Å². The van der Waals surface area contributed by atoms with Crippen molar-refractivity contribution in [3.8, 4) is 17.0 Å². The molecule has 0 aliphatic carbocycles. The molecule has 0 bridgehead atoms. The highest BCUT2D eigenvalue weighted by molar-refractivity contribution is 5.88. The van der Waals surface area contributed by atoms with E-state index in [0.29, 0.717) is 0 Å². The van der Waals surface area contributed by atoms with Gasteiger partial charge >= 0.3 is 0 Å². The molecule has 3 rings (SSSR count). The van der Waals surface area contributed by atoms with Crippen molar-refractivity contribution in [2.24, 2.45) is 7.05 Å². The van der Waals surface area contributed by atoms with E-state index < -0.39 is 0 Å². The largest absolute Gasteiger partial charge is 0.497 e. The Labute approximate surface area is 112 Å². The van der Waals surface area contributed by atoms with Gasteiger partial charge in [-0.1, -0.05) is 12.1 Å². The Bertz CT molecular complexity index is 726. The maximum atomic E-state index is 5.73. The lowest BCUT2D eigenvalue weighted by atomic mass is 10.1. The lowest BCUT2D eigenvalue weighted by molar-refractivity contribution is 0.415. The third-order valence-corrected chi connectivity index (χ3v) is 3.46. The molecule has 0 aliphatic heterocycles. The number of methoxy groups -OCH3 is 1. The van der Waals surface area contributed by atoms with Crippen molar-refractivity contribution in [2.45, 2.75) is 0 Å². The van der Waals surface area contributed by atoms with Gasteiger partial charge in [-0.05, 0) is 35.9 Å². The quantitative estimate of drug-likeness (QED) is 0.710. The van der Waals surface area contributed by atoms with Gasteiger partial charge in [-0.25, -0.2) is 0 Å². The minimum absolute atomic E-state index is 0.782. The number of rotatable bonds is 2. The van der Waals surface area contributed by atoms with Gasteiger partial charge in [0.25, 0.3) is 0 Å². The first kappa shape index (κ1) is 11.7. The fraction of sp³-hybridized carbons (Fsp3) is 0.125. The van der Waals surface area contributed by atoms with Gasteiger partial charge in [0.2, 0.25) is 0 Å². The van der Waals surface area contributed by atoms with Crippen LogP contribution in [0.4, 0.5) is 5.69 Å². The topological polar surface area (TPSA) is 40.2 Å². The van der Waals surface area contributed by atoms with Crippen LogP contribution in [0.1, 0.15) is 0 Å². The van der Waals surface area contributed by atoms with Gasteiger partial charge in [-0.15, -0.1) is 0 Å². The number of aromatic nitrogens is 1. The summed E-state index contributed by atoms with van der Waals surface area (Å²) in [5.41, 5.74) is 10.0. The zero-order valence-electron chi connectivity index (χ0n) is 11.1. The summed E-state index contributed by atoms with van der Waals surface area (Å²) in [6.45, 7) is 0. The number of ether oxygens (including phenoxy) is 1. The number of hydrogen-bond acceptors (Lipinski definition) is 2. The van der Waals surface area contributed by atoms with Crippen LogP contribution in [0, 0.1) is 0 Å². The van der Waals surface area contributed by atoms with Crippen LogP contribution in [0.25, 0.3) is 22.2 Å². The van der Waals surface area contributed by atoms with E-state index in [0.717, 1.165) is 22.5 Å². The molecule has 1 heterocycles. The van der Waals surface area contributed by atoms with E-state index in [1.54, 1.807) is 7.11 Å². The highest BCUT2D eigenvalue weighted by Gasteiger charge is 2.08. The number of aryl methyl sites for hydroxylation is 1. The molecule has 0 atom stereocenters. The maximum absolute atomic E-state index is 5.73. The molecule has 0 unspecified atom stereocenters. The molecule has 0 spiro atoms. The first-order valence-electron chi connectivity index (χ1n) is 6.18. The van der Waals surface area contributed by atoms with E-state index in [2.05, 4.69) is 29.8 Å². The van der Waals surface area contributed by atoms with Gasteiger partial charge in [-0.3, -0.25) is 0 Å². The van der Waals surface area contributed by atoms with Crippen molar-refractivity contribution in [2.75, 3.05) is 12.8 Å². The molecule has 3 aromatic rings. The van der Waals surface area contributed by atoms with Crippen LogP contribution in [-0.4, -0.2) is 11.7 Å². The molecule has 0 saturated heterocycles. The van der Waals surface area contributed by atoms with Gasteiger partial charge in [0.1, 0.15) is 5.75 Å². The Morgan fingerprint density at radius 3 is 2.42 bits per heavy atom. The number of benzene rings is 2. The van der Waals surface area contributed by atoms with Crippen molar-refractivity contribution >= 4 is 16.6 Å². The lowest BCUT2D eigenvalue weighted by Crippen LogP contribution is -1.92. The van der Waals surface area contributed by atoms with E-state index in [1.165, 1.54) is 11.1 Å². The second-order valence-electron chi connectivity index (χ2n) is 4.64. The Morgan fingerprint density at radius 1 is 1.00 bits per heavy atom. The van der Waals surface area contributed by atoms with Crippen LogP contribution >= 0.6 is 0 Å². The van der Waals surface area contributed by atoms with Crippen LogP contribution in [0.5, 0.6) is 5.75 Å². The normalized spacial score (nSPS) is 10.8. The Balaban J connectivity index is 2.19. The van der Waals surface area contributed by atoms with Crippen LogP contribution in [-0.2, 0) is 7.05 Å². The van der Waals surface area contributed by atoms with E-state index in [4.69, 9.17) is 10.5 Å². The molecule has 0 fully saturated rings. The third-order valence-electron chi connectivity index (χ3n) is 3.46. The average molecular weight is 252 g/mol. The lowest BCUT2D eigenvalue weighted by Gasteiger charge is -2.05. The Kier molecular flexibility index (Phi) is 2.67. The summed E-state index contributed by atoms with van der Waals surface area (Å²) in [7, 11) is 3.75. The Hall–Kier alpha value is -2.42. The van der Waals surface area contributed by atoms with Crippen molar-refractivity contribution < 1.29 is 4.74 Å². The molecule has 0 aliphatic rings. The van der Waals surface area contributed by atoms with Crippen LogP contribution in [0.3, 0.4) is 0 Å². The molecule has 3 heteroatoms. The van der Waals surface area contributed by atoms with Gasteiger partial charge < -0.3 is 15.0 Å². The molecule has 2 aromatic carbocycles. The maximum Gasteiger partial charge on any atom is 0.120 e. The number of nitrogens with zero attached hydrogens (tertiary/aromatic N) is 1. The average Bonchev–Trinajstić information content (AvgIpc) is 2.76. The fourth-order valence-corrected chi connectivity index (χ4v) is 2.37. The molecule has 3 nitrogen and oxygen atoms in total. The number of nitrogen functional groups attached to an aromatic ring is 1. The number of nitrogens with two attached hydrogens (primary N) is 1. The zero-order chi connectivity index (χ0) is 13.4. The van der Waals surface area contributed by atoms with Gasteiger partial charge in [-0.2, -0.15) is 0 Å². The highest BCUT2D eigenvalue weighted by atomic mass is 16.5. The molecule has 96 valence electrons.